The van der Waals surface area contributed by atoms with Gasteiger partial charge in [-0.3, -0.25) is 9.59 Å². The molecule has 0 saturated carbocycles. The van der Waals surface area contributed by atoms with Crippen LogP contribution >= 0.6 is 0 Å². The summed E-state index contributed by atoms with van der Waals surface area (Å²) in [4.78, 5) is 20.0. The van der Waals surface area contributed by atoms with Crippen LogP contribution in [0.1, 0.15) is 32.1 Å². The third-order valence-electron chi connectivity index (χ3n) is 1.28. The molecule has 0 amide bonds. The van der Waals surface area contributed by atoms with Crippen LogP contribution in [-0.2, 0) is 9.59 Å². The molecule has 0 spiro atoms. The highest BCUT2D eigenvalue weighted by Gasteiger charge is 1.98. The molecule has 5 heteroatoms. The molecule has 0 aromatic rings. The fraction of sp³-hybridized carbons (Fsp3) is 0.714. The average Bonchev–Trinajstić information content (AvgIpc) is 1.85. The Bertz CT molecular complexity index is 130. The Labute approximate surface area is 81.7 Å². The lowest BCUT2D eigenvalue weighted by Gasteiger charge is -1.94. The van der Waals surface area contributed by atoms with Gasteiger partial charge in [0.15, 0.2) is 17.4 Å². The van der Waals surface area contributed by atoms with Gasteiger partial charge in [-0.1, -0.05) is 6.42 Å². The predicted octanol–water partition coefficient (Wildman–Crippen LogP) is -0.0778. The minimum atomic E-state index is -0.819. The van der Waals surface area contributed by atoms with Crippen LogP contribution in [0.5, 0.6) is 0 Å². The van der Waals surface area contributed by atoms with E-state index in [9.17, 15) is 9.59 Å². The van der Waals surface area contributed by atoms with E-state index in [4.69, 9.17) is 10.2 Å². The Hall–Kier alpha value is -0.528. The molecule has 12 heavy (non-hydrogen) atoms. The van der Waals surface area contributed by atoms with Gasteiger partial charge in [0.05, 0.1) is 0 Å². The number of aliphatic carboxylic acids is 2. The van der Waals surface area contributed by atoms with E-state index in [1.54, 1.807) is 0 Å². The minimum Gasteiger partial charge on any atom is -0.481 e. The molecule has 0 aromatic heterocycles. The first-order valence-corrected chi connectivity index (χ1v) is 3.56. The third kappa shape index (κ3) is 12.2. The van der Waals surface area contributed by atoms with Gasteiger partial charge in [-0.05, 0) is 12.8 Å². The van der Waals surface area contributed by atoms with E-state index in [1.807, 2.05) is 0 Å². The van der Waals surface area contributed by atoms with Crippen molar-refractivity contribution in [1.29, 1.82) is 0 Å². The number of unbranched alkanes of at least 4 members (excludes halogenated alkanes) is 2. The van der Waals surface area contributed by atoms with Gasteiger partial charge in [0.1, 0.15) is 0 Å². The molecule has 70 valence electrons. The highest BCUT2D eigenvalue weighted by molar-refractivity contribution is 5.75. The molecule has 0 fully saturated rings. The monoisotopic (exact) mass is 190 g/mol. The maximum atomic E-state index is 9.98. The van der Waals surface area contributed by atoms with Crippen molar-refractivity contribution in [2.75, 3.05) is 0 Å². The first-order valence-electron chi connectivity index (χ1n) is 3.56. The Kier molecular flexibility index (Phi) is 10.0. The van der Waals surface area contributed by atoms with Gasteiger partial charge in [-0.2, -0.15) is 0 Å². The number of hydrogen-bond acceptors (Lipinski definition) is 2. The largest absolute Gasteiger partial charge is 0.481 e. The standard InChI is InChI=1S/C7H12O4.Al.3H/c8-6(9)4-2-1-3-5-7(10)11;;;;/h1-5H2,(H,8,9)(H,10,11);;;;. The predicted molar refractivity (Wildman–Crippen MR) is 48.3 cm³/mol. The molecular formula is C7H15AlO4. The van der Waals surface area contributed by atoms with Gasteiger partial charge in [0.2, 0.25) is 0 Å². The van der Waals surface area contributed by atoms with E-state index >= 15 is 0 Å². The van der Waals surface area contributed by atoms with Gasteiger partial charge in [-0.15, -0.1) is 0 Å². The summed E-state index contributed by atoms with van der Waals surface area (Å²) in [6, 6.07) is 0. The number of hydrogen-bond donors (Lipinski definition) is 2. The van der Waals surface area contributed by atoms with Gasteiger partial charge in [0.25, 0.3) is 0 Å². The molecule has 0 rings (SSSR count). The Morgan fingerprint density at radius 3 is 1.42 bits per heavy atom. The minimum absolute atomic E-state index is 0. The van der Waals surface area contributed by atoms with Crippen LogP contribution in [0.3, 0.4) is 0 Å². The molecule has 0 bridgehead atoms. The average molecular weight is 190 g/mol. The van der Waals surface area contributed by atoms with E-state index in [0.717, 1.165) is 0 Å². The summed E-state index contributed by atoms with van der Waals surface area (Å²) in [7, 11) is 0. The zero-order valence-electron chi connectivity index (χ0n) is 6.25. The van der Waals surface area contributed by atoms with Crippen molar-refractivity contribution in [2.24, 2.45) is 0 Å². The van der Waals surface area contributed by atoms with Crippen LogP contribution in [0.4, 0.5) is 0 Å². The molecule has 0 atom stereocenters. The first-order chi connectivity index (χ1) is 5.13. The molecule has 0 heterocycles. The maximum Gasteiger partial charge on any atom is 0.303 e. The van der Waals surface area contributed by atoms with Crippen molar-refractivity contribution in [1.82, 2.24) is 0 Å². The Morgan fingerprint density at radius 2 is 1.17 bits per heavy atom. The summed E-state index contributed by atoms with van der Waals surface area (Å²) in [6.45, 7) is 0. The number of carboxylic acid groups (broad SMARTS) is 2. The first kappa shape index (κ1) is 14.0. The summed E-state index contributed by atoms with van der Waals surface area (Å²) >= 11 is 0. The molecule has 0 unspecified atom stereocenters. The molecular weight excluding hydrogens is 175 g/mol. The Balaban J connectivity index is 0. The molecule has 0 aromatic carbocycles. The lowest BCUT2D eigenvalue weighted by molar-refractivity contribution is -0.137. The summed E-state index contributed by atoms with van der Waals surface area (Å²) in [5.74, 6) is -1.64. The van der Waals surface area contributed by atoms with Crippen LogP contribution < -0.4 is 0 Å². The van der Waals surface area contributed by atoms with E-state index in [2.05, 4.69) is 0 Å². The molecule has 2 N–H and O–H groups in total. The van der Waals surface area contributed by atoms with Crippen LogP contribution in [0.25, 0.3) is 0 Å². The topological polar surface area (TPSA) is 74.6 Å². The van der Waals surface area contributed by atoms with Crippen molar-refractivity contribution in [3.63, 3.8) is 0 Å². The van der Waals surface area contributed by atoms with Crippen molar-refractivity contribution in [2.45, 2.75) is 32.1 Å². The van der Waals surface area contributed by atoms with E-state index < -0.39 is 11.9 Å². The lowest BCUT2D eigenvalue weighted by atomic mass is 10.1. The normalized spacial score (nSPS) is 8.67. The molecule has 0 aliphatic heterocycles. The maximum absolute atomic E-state index is 9.98. The van der Waals surface area contributed by atoms with E-state index in [-0.39, 0.29) is 30.2 Å². The smallest absolute Gasteiger partial charge is 0.303 e. The fourth-order valence-electron chi connectivity index (χ4n) is 0.729. The van der Waals surface area contributed by atoms with Crippen LogP contribution in [0.15, 0.2) is 0 Å². The van der Waals surface area contributed by atoms with Crippen molar-refractivity contribution < 1.29 is 19.8 Å². The molecule has 0 radical (unpaired) electrons. The highest BCUT2D eigenvalue weighted by Crippen LogP contribution is 2.02. The highest BCUT2D eigenvalue weighted by atomic mass is 27.0. The zero-order valence-corrected chi connectivity index (χ0v) is 6.25. The number of carbonyl (C=O) groups is 2. The fourth-order valence-corrected chi connectivity index (χ4v) is 0.729. The summed E-state index contributed by atoms with van der Waals surface area (Å²) in [5.41, 5.74) is 0. The van der Waals surface area contributed by atoms with Crippen LogP contribution in [-0.4, -0.2) is 39.5 Å². The number of carboxylic acids is 2. The second-order valence-electron chi connectivity index (χ2n) is 2.35. The van der Waals surface area contributed by atoms with E-state index in [1.165, 1.54) is 0 Å². The van der Waals surface area contributed by atoms with Gasteiger partial charge in [-0.25, -0.2) is 0 Å². The van der Waals surface area contributed by atoms with Gasteiger partial charge >= 0.3 is 11.9 Å². The van der Waals surface area contributed by atoms with Crippen molar-refractivity contribution in [3.05, 3.63) is 0 Å². The SMILES string of the molecule is O=C(O)CCCCCC(=O)O.[AlH3]. The summed E-state index contributed by atoms with van der Waals surface area (Å²) in [6.07, 6.45) is 2.10. The van der Waals surface area contributed by atoms with Crippen molar-refractivity contribution >= 4 is 29.3 Å². The molecule has 4 nitrogen and oxygen atoms in total. The van der Waals surface area contributed by atoms with Gasteiger partial charge in [0, 0.05) is 12.8 Å². The van der Waals surface area contributed by atoms with Crippen LogP contribution in [0.2, 0.25) is 0 Å². The quantitative estimate of drug-likeness (QED) is 0.454. The summed E-state index contributed by atoms with van der Waals surface area (Å²) in [5, 5.41) is 16.4. The molecule has 0 aliphatic carbocycles. The second-order valence-corrected chi connectivity index (χ2v) is 2.35. The van der Waals surface area contributed by atoms with Crippen molar-refractivity contribution in [3.8, 4) is 0 Å². The van der Waals surface area contributed by atoms with Gasteiger partial charge < -0.3 is 10.2 Å². The second kappa shape index (κ2) is 8.57. The number of rotatable bonds is 6. The van der Waals surface area contributed by atoms with E-state index in [0.29, 0.717) is 19.3 Å². The van der Waals surface area contributed by atoms with Crippen LogP contribution in [0, 0.1) is 0 Å². The third-order valence-corrected chi connectivity index (χ3v) is 1.28. The molecule has 0 saturated heterocycles. The lowest BCUT2D eigenvalue weighted by Crippen LogP contribution is -1.96. The Morgan fingerprint density at radius 1 is 0.833 bits per heavy atom. The summed E-state index contributed by atoms with van der Waals surface area (Å²) < 4.78 is 0. The molecule has 0 aliphatic rings. The zero-order chi connectivity index (χ0) is 8.69.